The maximum atomic E-state index is 13.3. The van der Waals surface area contributed by atoms with Crippen LogP contribution < -0.4 is 0 Å². The molecule has 1 atom stereocenters. The highest BCUT2D eigenvalue weighted by atomic mass is 16.6. The second kappa shape index (κ2) is 5.22. The Morgan fingerprint density at radius 3 is 2.17 bits per heavy atom. The Balaban J connectivity index is 1.56. The molecule has 0 heterocycles. The van der Waals surface area contributed by atoms with Gasteiger partial charge in [0, 0.05) is 6.42 Å². The largest absolute Gasteiger partial charge is 0.454 e. The predicted octanol–water partition coefficient (Wildman–Crippen LogP) is 5.19. The fourth-order valence-corrected chi connectivity index (χ4v) is 6.16. The molecule has 0 N–H and O–H groups in total. The molecule has 4 bridgehead atoms. The second-order valence-corrected chi connectivity index (χ2v) is 9.12. The molecule has 0 aromatic heterocycles. The van der Waals surface area contributed by atoms with Crippen LogP contribution in [-0.2, 0) is 9.53 Å². The van der Waals surface area contributed by atoms with Gasteiger partial charge in [0.2, 0.25) is 0 Å². The molecule has 4 fully saturated rings. The molecule has 0 unspecified atom stereocenters. The van der Waals surface area contributed by atoms with Crippen LogP contribution in [0.2, 0.25) is 0 Å². The summed E-state index contributed by atoms with van der Waals surface area (Å²) in [6.45, 7) is 8.37. The molecule has 0 spiro atoms. The number of carbonyl (C=O) groups excluding carboxylic acids is 1. The Bertz CT molecular complexity index is 535. The minimum atomic E-state index is -0.445. The molecular formula is C21H30O2. The van der Waals surface area contributed by atoms with Crippen molar-refractivity contribution in [3.8, 4) is 0 Å². The van der Waals surface area contributed by atoms with E-state index in [0.717, 1.165) is 61.9 Å². The normalized spacial score (nSPS) is 44.8. The lowest BCUT2D eigenvalue weighted by Crippen LogP contribution is -2.52. The van der Waals surface area contributed by atoms with E-state index in [1.807, 2.05) is 6.92 Å². The Kier molecular flexibility index (Phi) is 3.52. The average molecular weight is 314 g/mol. The zero-order valence-electron chi connectivity index (χ0n) is 14.7. The van der Waals surface area contributed by atoms with E-state index in [-0.39, 0.29) is 11.4 Å². The number of esters is 1. The Morgan fingerprint density at radius 1 is 1.17 bits per heavy atom. The van der Waals surface area contributed by atoms with E-state index in [1.54, 1.807) is 0 Å². The summed E-state index contributed by atoms with van der Waals surface area (Å²) in [6, 6.07) is 0. The lowest BCUT2D eigenvalue weighted by atomic mass is 9.49. The summed E-state index contributed by atoms with van der Waals surface area (Å²) in [6.07, 6.45) is 12.3. The molecule has 0 amide bonds. The van der Waals surface area contributed by atoms with Crippen molar-refractivity contribution >= 4 is 5.97 Å². The highest BCUT2D eigenvalue weighted by Gasteiger charge is 2.56. The summed E-state index contributed by atoms with van der Waals surface area (Å²) >= 11 is 0. The maximum absolute atomic E-state index is 13.3. The minimum absolute atomic E-state index is 0.104. The second-order valence-electron chi connectivity index (χ2n) is 9.12. The predicted molar refractivity (Wildman–Crippen MR) is 91.9 cm³/mol. The van der Waals surface area contributed by atoms with E-state index in [1.165, 1.54) is 24.8 Å². The Morgan fingerprint density at radius 2 is 1.74 bits per heavy atom. The van der Waals surface area contributed by atoms with E-state index < -0.39 is 5.60 Å². The first-order valence-electron chi connectivity index (χ1n) is 9.46. The smallest absolute Gasteiger partial charge is 0.312 e. The van der Waals surface area contributed by atoms with Crippen LogP contribution in [0.5, 0.6) is 0 Å². The molecule has 0 radical (unpaired) electrons. The summed E-state index contributed by atoms with van der Waals surface area (Å²) in [5.41, 5.74) is 1.82. The lowest BCUT2D eigenvalue weighted by molar-refractivity contribution is -0.184. The van der Waals surface area contributed by atoms with E-state index in [9.17, 15) is 4.79 Å². The topological polar surface area (TPSA) is 26.3 Å². The monoisotopic (exact) mass is 314 g/mol. The van der Waals surface area contributed by atoms with Gasteiger partial charge in [0.1, 0.15) is 5.60 Å². The number of rotatable bonds is 3. The fourth-order valence-electron chi connectivity index (χ4n) is 6.16. The maximum Gasteiger partial charge on any atom is 0.312 e. The summed E-state index contributed by atoms with van der Waals surface area (Å²) in [5, 5.41) is 0. The van der Waals surface area contributed by atoms with Gasteiger partial charge in [0.15, 0.2) is 0 Å². The van der Waals surface area contributed by atoms with Crippen LogP contribution in [-0.4, -0.2) is 11.6 Å². The van der Waals surface area contributed by atoms with Crippen LogP contribution in [0.25, 0.3) is 0 Å². The van der Waals surface area contributed by atoms with Crippen molar-refractivity contribution in [3.05, 3.63) is 23.8 Å². The SMILES string of the molecule is C=C(C)[C@@]1(OC(=O)C23CC4CC(CC(C4)C2)C3)CC=C(C)CC1. The molecule has 5 rings (SSSR count). The molecule has 4 saturated carbocycles. The van der Waals surface area contributed by atoms with Gasteiger partial charge in [-0.3, -0.25) is 4.79 Å². The van der Waals surface area contributed by atoms with Gasteiger partial charge < -0.3 is 4.74 Å². The van der Waals surface area contributed by atoms with Gasteiger partial charge in [-0.1, -0.05) is 18.2 Å². The first-order chi connectivity index (χ1) is 10.9. The summed E-state index contributed by atoms with van der Waals surface area (Å²) in [7, 11) is 0. The molecule has 0 aromatic rings. The molecule has 0 aliphatic heterocycles. The van der Waals surface area contributed by atoms with Gasteiger partial charge in [-0.2, -0.15) is 0 Å². The number of carbonyl (C=O) groups is 1. The van der Waals surface area contributed by atoms with E-state index >= 15 is 0 Å². The van der Waals surface area contributed by atoms with Crippen LogP contribution >= 0.6 is 0 Å². The van der Waals surface area contributed by atoms with Crippen molar-refractivity contribution in [2.75, 3.05) is 0 Å². The third-order valence-electron chi connectivity index (χ3n) is 7.24. The van der Waals surface area contributed by atoms with E-state index in [0.29, 0.717) is 0 Å². The molecule has 5 aliphatic rings. The Hall–Kier alpha value is -1.05. The lowest BCUT2D eigenvalue weighted by Gasteiger charge is -2.55. The van der Waals surface area contributed by atoms with E-state index in [2.05, 4.69) is 19.6 Å². The first-order valence-corrected chi connectivity index (χ1v) is 9.46. The van der Waals surface area contributed by atoms with Crippen molar-refractivity contribution in [1.29, 1.82) is 0 Å². The number of hydrogen-bond acceptors (Lipinski definition) is 2. The van der Waals surface area contributed by atoms with E-state index in [4.69, 9.17) is 4.74 Å². The van der Waals surface area contributed by atoms with Crippen LogP contribution in [0.4, 0.5) is 0 Å². The first kappa shape index (κ1) is 15.5. The molecule has 0 saturated heterocycles. The third-order valence-corrected chi connectivity index (χ3v) is 7.24. The highest BCUT2D eigenvalue weighted by Crippen LogP contribution is 2.61. The van der Waals surface area contributed by atoms with Gasteiger partial charge in [-0.05, 0) is 88.5 Å². The van der Waals surface area contributed by atoms with Gasteiger partial charge in [0.25, 0.3) is 0 Å². The van der Waals surface area contributed by atoms with Crippen LogP contribution in [0.3, 0.4) is 0 Å². The minimum Gasteiger partial charge on any atom is -0.454 e. The van der Waals surface area contributed by atoms with Gasteiger partial charge in [-0.15, -0.1) is 0 Å². The molecule has 0 aromatic carbocycles. The van der Waals surface area contributed by atoms with Crippen molar-refractivity contribution in [2.24, 2.45) is 23.2 Å². The molecular weight excluding hydrogens is 284 g/mol. The van der Waals surface area contributed by atoms with Crippen LogP contribution in [0, 0.1) is 23.2 Å². The van der Waals surface area contributed by atoms with Crippen LogP contribution in [0.1, 0.15) is 71.6 Å². The summed E-state index contributed by atoms with van der Waals surface area (Å²) in [4.78, 5) is 13.3. The highest BCUT2D eigenvalue weighted by molar-refractivity contribution is 5.78. The van der Waals surface area contributed by atoms with Crippen molar-refractivity contribution in [1.82, 2.24) is 0 Å². The number of allylic oxidation sites excluding steroid dienone is 1. The molecule has 2 heteroatoms. The Labute approximate surface area is 140 Å². The molecule has 126 valence electrons. The molecule has 5 aliphatic carbocycles. The summed E-state index contributed by atoms with van der Waals surface area (Å²) in [5.74, 6) is 2.45. The average Bonchev–Trinajstić information content (AvgIpc) is 2.48. The quantitative estimate of drug-likeness (QED) is 0.529. The van der Waals surface area contributed by atoms with Gasteiger partial charge >= 0.3 is 5.97 Å². The zero-order chi connectivity index (χ0) is 16.2. The summed E-state index contributed by atoms with van der Waals surface area (Å²) < 4.78 is 6.29. The van der Waals surface area contributed by atoms with Crippen LogP contribution in [0.15, 0.2) is 23.8 Å². The molecule has 2 nitrogen and oxygen atoms in total. The molecule has 23 heavy (non-hydrogen) atoms. The van der Waals surface area contributed by atoms with Gasteiger partial charge in [0.05, 0.1) is 5.41 Å². The third kappa shape index (κ3) is 2.49. The van der Waals surface area contributed by atoms with Crippen molar-refractivity contribution in [3.63, 3.8) is 0 Å². The number of hydrogen-bond donors (Lipinski definition) is 0. The number of ether oxygens (including phenoxy) is 1. The fraction of sp³-hybridized carbons (Fsp3) is 0.762. The van der Waals surface area contributed by atoms with Crippen molar-refractivity contribution < 1.29 is 9.53 Å². The zero-order valence-corrected chi connectivity index (χ0v) is 14.7. The van der Waals surface area contributed by atoms with Gasteiger partial charge in [-0.25, -0.2) is 0 Å². The van der Waals surface area contributed by atoms with Crippen molar-refractivity contribution in [2.45, 2.75) is 77.2 Å². The standard InChI is InChI=1S/C21H30O2/c1-14(2)21(6-4-15(3)5-7-21)23-19(22)20-11-16-8-17(12-20)10-18(9-16)13-20/h4,16-18H,1,5-13H2,2-3H3/t16?,17?,18?,20?,21-/m1/s1.